The van der Waals surface area contributed by atoms with Crippen molar-refractivity contribution < 1.29 is 4.74 Å². The van der Waals surface area contributed by atoms with Gasteiger partial charge in [0.1, 0.15) is 11.9 Å². The minimum absolute atomic E-state index is 0.221. The highest BCUT2D eigenvalue weighted by atomic mass is 16.5. The molecule has 0 N–H and O–H groups in total. The molecule has 1 atom stereocenters. The van der Waals surface area contributed by atoms with E-state index in [-0.39, 0.29) is 6.10 Å². The van der Waals surface area contributed by atoms with Crippen LogP contribution in [0.25, 0.3) is 0 Å². The molecule has 0 saturated carbocycles. The normalized spacial score (nSPS) is 18.0. The lowest BCUT2D eigenvalue weighted by Crippen LogP contribution is -2.20. The Morgan fingerprint density at radius 3 is 2.68 bits per heavy atom. The Labute approximate surface area is 114 Å². The van der Waals surface area contributed by atoms with Crippen molar-refractivity contribution in [3.05, 3.63) is 77.9 Å². The fourth-order valence-electron chi connectivity index (χ4n) is 2.45. The standard InChI is InChI=1S/C18H18O/c1-2-7-15(8-3-1)9-6-11-17-14-13-16-10-4-5-12-18(16)19-17/h1-8,10-12,17H,9,13-14H2/b11-6+/t17-/m1/s1. The Balaban J connectivity index is 1.60. The van der Waals surface area contributed by atoms with Crippen LogP contribution in [0.2, 0.25) is 0 Å². The highest BCUT2D eigenvalue weighted by Gasteiger charge is 2.16. The maximum Gasteiger partial charge on any atom is 0.123 e. The summed E-state index contributed by atoms with van der Waals surface area (Å²) in [6.45, 7) is 0. The molecule has 0 amide bonds. The van der Waals surface area contributed by atoms with Crippen LogP contribution in [0.5, 0.6) is 5.75 Å². The molecule has 0 aromatic heterocycles. The van der Waals surface area contributed by atoms with Gasteiger partial charge in [-0.15, -0.1) is 0 Å². The van der Waals surface area contributed by atoms with E-state index in [1.54, 1.807) is 0 Å². The maximum absolute atomic E-state index is 5.98. The van der Waals surface area contributed by atoms with Crippen LogP contribution in [0, 0.1) is 0 Å². The number of hydrogen-bond acceptors (Lipinski definition) is 1. The van der Waals surface area contributed by atoms with Crippen LogP contribution < -0.4 is 4.74 Å². The highest BCUT2D eigenvalue weighted by molar-refractivity contribution is 5.35. The van der Waals surface area contributed by atoms with E-state index < -0.39 is 0 Å². The minimum Gasteiger partial charge on any atom is -0.486 e. The number of rotatable bonds is 3. The molecule has 0 aliphatic carbocycles. The predicted octanol–water partition coefficient (Wildman–Crippen LogP) is 4.18. The summed E-state index contributed by atoms with van der Waals surface area (Å²) in [4.78, 5) is 0. The van der Waals surface area contributed by atoms with E-state index in [2.05, 4.69) is 54.6 Å². The predicted molar refractivity (Wildman–Crippen MR) is 78.5 cm³/mol. The maximum atomic E-state index is 5.98. The molecule has 1 heteroatoms. The van der Waals surface area contributed by atoms with Crippen LogP contribution in [0.1, 0.15) is 17.5 Å². The first-order valence-electron chi connectivity index (χ1n) is 6.87. The third-order valence-electron chi connectivity index (χ3n) is 3.50. The van der Waals surface area contributed by atoms with Gasteiger partial charge in [0.25, 0.3) is 0 Å². The van der Waals surface area contributed by atoms with Crippen molar-refractivity contribution in [3.8, 4) is 5.75 Å². The molecular weight excluding hydrogens is 232 g/mol. The van der Waals surface area contributed by atoms with Gasteiger partial charge < -0.3 is 4.74 Å². The summed E-state index contributed by atoms with van der Waals surface area (Å²) in [6, 6.07) is 18.8. The molecule has 2 aromatic rings. The number of ether oxygens (including phenoxy) is 1. The summed E-state index contributed by atoms with van der Waals surface area (Å²) in [6.07, 6.45) is 7.79. The van der Waals surface area contributed by atoms with E-state index in [4.69, 9.17) is 4.74 Å². The third kappa shape index (κ3) is 3.05. The van der Waals surface area contributed by atoms with Crippen LogP contribution in [0.3, 0.4) is 0 Å². The molecule has 0 bridgehead atoms. The number of hydrogen-bond donors (Lipinski definition) is 0. The molecule has 0 radical (unpaired) electrons. The topological polar surface area (TPSA) is 9.23 Å². The molecule has 2 aromatic carbocycles. The Kier molecular flexibility index (Phi) is 3.64. The first-order valence-corrected chi connectivity index (χ1v) is 6.87. The van der Waals surface area contributed by atoms with E-state index >= 15 is 0 Å². The summed E-state index contributed by atoms with van der Waals surface area (Å²) in [5.74, 6) is 1.04. The van der Waals surface area contributed by atoms with Crippen LogP contribution >= 0.6 is 0 Å². The Morgan fingerprint density at radius 1 is 1.00 bits per heavy atom. The second kappa shape index (κ2) is 5.75. The number of fused-ring (bicyclic) bond motifs is 1. The number of allylic oxidation sites excluding steroid dienone is 1. The summed E-state index contributed by atoms with van der Waals surface area (Å²) < 4.78 is 5.98. The minimum atomic E-state index is 0.221. The number of aryl methyl sites for hydroxylation is 1. The van der Waals surface area contributed by atoms with E-state index in [0.717, 1.165) is 25.0 Å². The molecule has 0 unspecified atom stereocenters. The molecule has 0 spiro atoms. The van der Waals surface area contributed by atoms with Crippen LogP contribution in [-0.2, 0) is 12.8 Å². The van der Waals surface area contributed by atoms with Gasteiger partial charge in [-0.25, -0.2) is 0 Å². The van der Waals surface area contributed by atoms with Crippen molar-refractivity contribution in [2.24, 2.45) is 0 Å². The van der Waals surface area contributed by atoms with Crippen molar-refractivity contribution in [1.29, 1.82) is 0 Å². The molecule has 3 rings (SSSR count). The van der Waals surface area contributed by atoms with Gasteiger partial charge in [0.2, 0.25) is 0 Å². The summed E-state index contributed by atoms with van der Waals surface area (Å²) in [7, 11) is 0. The van der Waals surface area contributed by atoms with Crippen LogP contribution in [0.15, 0.2) is 66.7 Å². The molecule has 1 nitrogen and oxygen atoms in total. The second-order valence-electron chi connectivity index (χ2n) is 4.92. The van der Waals surface area contributed by atoms with Gasteiger partial charge in [0.05, 0.1) is 0 Å². The molecule has 1 aliphatic heterocycles. The van der Waals surface area contributed by atoms with Crippen molar-refractivity contribution in [2.45, 2.75) is 25.4 Å². The van der Waals surface area contributed by atoms with Gasteiger partial charge in [0.15, 0.2) is 0 Å². The van der Waals surface area contributed by atoms with Gasteiger partial charge in [-0.2, -0.15) is 0 Å². The van der Waals surface area contributed by atoms with Gasteiger partial charge in [-0.3, -0.25) is 0 Å². The van der Waals surface area contributed by atoms with Crippen molar-refractivity contribution in [3.63, 3.8) is 0 Å². The largest absolute Gasteiger partial charge is 0.486 e. The van der Waals surface area contributed by atoms with Gasteiger partial charge >= 0.3 is 0 Å². The zero-order chi connectivity index (χ0) is 12.9. The van der Waals surface area contributed by atoms with Gasteiger partial charge in [-0.05, 0) is 42.5 Å². The third-order valence-corrected chi connectivity index (χ3v) is 3.50. The lowest BCUT2D eigenvalue weighted by molar-refractivity contribution is 0.218. The van der Waals surface area contributed by atoms with E-state index in [1.807, 2.05) is 12.1 Å². The van der Waals surface area contributed by atoms with Crippen molar-refractivity contribution in [1.82, 2.24) is 0 Å². The summed E-state index contributed by atoms with van der Waals surface area (Å²) >= 11 is 0. The first kappa shape index (κ1) is 12.0. The zero-order valence-corrected chi connectivity index (χ0v) is 11.0. The molecular formula is C18H18O. The highest BCUT2D eigenvalue weighted by Crippen LogP contribution is 2.27. The number of para-hydroxylation sites is 1. The average molecular weight is 250 g/mol. The SMILES string of the molecule is C(=C\[C@@H]1CCc2ccccc2O1)/Cc1ccccc1. The number of benzene rings is 2. The monoisotopic (exact) mass is 250 g/mol. The molecule has 19 heavy (non-hydrogen) atoms. The molecule has 0 fully saturated rings. The Morgan fingerprint density at radius 2 is 1.79 bits per heavy atom. The van der Waals surface area contributed by atoms with Gasteiger partial charge in [0, 0.05) is 0 Å². The van der Waals surface area contributed by atoms with E-state index in [9.17, 15) is 0 Å². The molecule has 96 valence electrons. The smallest absolute Gasteiger partial charge is 0.123 e. The van der Waals surface area contributed by atoms with Crippen molar-refractivity contribution >= 4 is 0 Å². The lowest BCUT2D eigenvalue weighted by Gasteiger charge is -2.23. The Bertz CT molecular complexity index is 557. The summed E-state index contributed by atoms with van der Waals surface area (Å²) in [5.41, 5.74) is 2.67. The fourth-order valence-corrected chi connectivity index (χ4v) is 2.45. The molecule has 1 heterocycles. The molecule has 0 saturated heterocycles. The second-order valence-corrected chi connectivity index (χ2v) is 4.92. The van der Waals surface area contributed by atoms with Gasteiger partial charge in [-0.1, -0.05) is 54.6 Å². The fraction of sp³-hybridized carbons (Fsp3) is 0.222. The van der Waals surface area contributed by atoms with Crippen molar-refractivity contribution in [2.75, 3.05) is 0 Å². The van der Waals surface area contributed by atoms with Crippen LogP contribution in [-0.4, -0.2) is 6.10 Å². The van der Waals surface area contributed by atoms with E-state index in [0.29, 0.717) is 0 Å². The molecule has 1 aliphatic rings. The quantitative estimate of drug-likeness (QED) is 0.743. The first-order chi connectivity index (χ1) is 9.42. The Hall–Kier alpha value is -2.02. The average Bonchev–Trinajstić information content (AvgIpc) is 2.48. The van der Waals surface area contributed by atoms with E-state index in [1.165, 1.54) is 11.1 Å². The zero-order valence-electron chi connectivity index (χ0n) is 11.0. The van der Waals surface area contributed by atoms with Crippen LogP contribution in [0.4, 0.5) is 0 Å². The lowest BCUT2D eigenvalue weighted by atomic mass is 10.0. The summed E-state index contributed by atoms with van der Waals surface area (Å²) in [5, 5.41) is 0.